The van der Waals surface area contributed by atoms with E-state index in [-0.39, 0.29) is 12.3 Å². The molecule has 3 N–H and O–H groups in total. The average molecular weight is 342 g/mol. The molecule has 6 heteroatoms. The van der Waals surface area contributed by atoms with Crippen LogP contribution in [0.5, 0.6) is 0 Å². The van der Waals surface area contributed by atoms with Crippen molar-refractivity contribution < 1.29 is 9.59 Å². The lowest BCUT2D eigenvalue weighted by Gasteiger charge is -2.07. The maximum Gasteiger partial charge on any atom is 0.269 e. The van der Waals surface area contributed by atoms with Crippen molar-refractivity contribution in [2.24, 2.45) is 0 Å². The number of aromatic amines is 1. The zero-order valence-corrected chi connectivity index (χ0v) is 13.6. The molecule has 0 aliphatic carbocycles. The van der Waals surface area contributed by atoms with Gasteiger partial charge in [0.15, 0.2) is 0 Å². The summed E-state index contributed by atoms with van der Waals surface area (Å²) in [6.07, 6.45) is 2.77. The minimum atomic E-state index is -0.405. The molecule has 0 fully saturated rings. The number of halogens is 1. The Morgan fingerprint density at radius 3 is 2.71 bits per heavy atom. The van der Waals surface area contributed by atoms with Crippen LogP contribution in [0, 0.1) is 0 Å². The lowest BCUT2D eigenvalue weighted by Crippen LogP contribution is -2.41. The second-order valence-corrected chi connectivity index (χ2v) is 5.81. The number of fused-ring (bicyclic) bond motifs is 1. The van der Waals surface area contributed by atoms with Crippen LogP contribution in [0.2, 0.25) is 5.02 Å². The molecule has 0 aliphatic heterocycles. The van der Waals surface area contributed by atoms with E-state index in [1.165, 1.54) is 6.07 Å². The predicted octanol–water partition coefficient (Wildman–Crippen LogP) is 3.22. The fourth-order valence-electron chi connectivity index (χ4n) is 2.48. The molecule has 1 aromatic heterocycles. The van der Waals surface area contributed by atoms with Crippen molar-refractivity contribution in [3.05, 3.63) is 70.9 Å². The smallest absolute Gasteiger partial charge is 0.269 e. The average Bonchev–Trinajstić information content (AvgIpc) is 3.01. The fraction of sp³-hybridized carbons (Fsp3) is 0.111. The molecule has 0 radical (unpaired) electrons. The molecule has 0 spiro atoms. The van der Waals surface area contributed by atoms with Gasteiger partial charge in [0.05, 0.1) is 0 Å². The SMILES string of the molecule is O=C(CCc1c[nH]c2ccccc12)NNC(=O)c1cccc(Cl)c1. The summed E-state index contributed by atoms with van der Waals surface area (Å²) in [6.45, 7) is 0. The van der Waals surface area contributed by atoms with E-state index < -0.39 is 5.91 Å². The summed E-state index contributed by atoms with van der Waals surface area (Å²) in [5, 5.41) is 1.57. The Morgan fingerprint density at radius 1 is 1.04 bits per heavy atom. The van der Waals surface area contributed by atoms with Crippen LogP contribution in [0.3, 0.4) is 0 Å². The second-order valence-electron chi connectivity index (χ2n) is 5.37. The molecule has 0 unspecified atom stereocenters. The number of hydrogen-bond acceptors (Lipinski definition) is 2. The summed E-state index contributed by atoms with van der Waals surface area (Å²) in [7, 11) is 0. The molecule has 2 amide bonds. The van der Waals surface area contributed by atoms with Crippen molar-refractivity contribution in [3.63, 3.8) is 0 Å². The predicted molar refractivity (Wildman–Crippen MR) is 93.7 cm³/mol. The summed E-state index contributed by atoms with van der Waals surface area (Å²) in [4.78, 5) is 27.0. The first-order valence-electron chi connectivity index (χ1n) is 7.53. The van der Waals surface area contributed by atoms with Gasteiger partial charge in [0.2, 0.25) is 5.91 Å². The maximum atomic E-state index is 11.9. The van der Waals surface area contributed by atoms with Crippen LogP contribution in [0.1, 0.15) is 22.3 Å². The largest absolute Gasteiger partial charge is 0.361 e. The van der Waals surface area contributed by atoms with Gasteiger partial charge in [-0.2, -0.15) is 0 Å². The van der Waals surface area contributed by atoms with Gasteiger partial charge in [-0.3, -0.25) is 20.4 Å². The molecule has 0 saturated heterocycles. The molecular formula is C18H16ClN3O2. The zero-order chi connectivity index (χ0) is 16.9. The Morgan fingerprint density at radius 2 is 1.88 bits per heavy atom. The molecule has 3 aromatic rings. The number of carbonyl (C=O) groups excluding carboxylic acids is 2. The van der Waals surface area contributed by atoms with Crippen molar-refractivity contribution in [3.8, 4) is 0 Å². The quantitative estimate of drug-likeness (QED) is 0.637. The highest BCUT2D eigenvalue weighted by Crippen LogP contribution is 2.18. The first kappa shape index (κ1) is 16.1. The second kappa shape index (κ2) is 7.19. The molecule has 0 bridgehead atoms. The summed E-state index contributed by atoms with van der Waals surface area (Å²) in [5.74, 6) is -0.659. The molecule has 5 nitrogen and oxygen atoms in total. The summed E-state index contributed by atoms with van der Waals surface area (Å²) < 4.78 is 0. The Balaban J connectivity index is 1.52. The van der Waals surface area contributed by atoms with Crippen LogP contribution in [-0.4, -0.2) is 16.8 Å². The third-order valence-electron chi connectivity index (χ3n) is 3.70. The summed E-state index contributed by atoms with van der Waals surface area (Å²) in [5.41, 5.74) is 7.31. The van der Waals surface area contributed by atoms with E-state index in [0.717, 1.165) is 16.5 Å². The van der Waals surface area contributed by atoms with Gasteiger partial charge in [-0.05, 0) is 36.2 Å². The van der Waals surface area contributed by atoms with Gasteiger partial charge >= 0.3 is 0 Å². The number of hydrazine groups is 1. The minimum absolute atomic E-state index is 0.254. The Labute approximate surface area is 144 Å². The summed E-state index contributed by atoms with van der Waals surface area (Å²) in [6, 6.07) is 14.4. The Kier molecular flexibility index (Phi) is 4.82. The van der Waals surface area contributed by atoms with Crippen LogP contribution in [0.25, 0.3) is 10.9 Å². The minimum Gasteiger partial charge on any atom is -0.361 e. The molecular weight excluding hydrogens is 326 g/mol. The monoisotopic (exact) mass is 341 g/mol. The van der Waals surface area contributed by atoms with Crippen LogP contribution in [0.4, 0.5) is 0 Å². The van der Waals surface area contributed by atoms with Crippen LogP contribution < -0.4 is 10.9 Å². The molecule has 3 rings (SSSR count). The third-order valence-corrected chi connectivity index (χ3v) is 3.93. The topological polar surface area (TPSA) is 74.0 Å². The van der Waals surface area contributed by atoms with E-state index in [1.807, 2.05) is 30.5 Å². The number of nitrogens with one attached hydrogen (secondary N) is 3. The summed E-state index contributed by atoms with van der Waals surface area (Å²) >= 11 is 5.84. The number of carbonyl (C=O) groups is 2. The molecule has 1 heterocycles. The maximum absolute atomic E-state index is 11.9. The number of rotatable bonds is 4. The third kappa shape index (κ3) is 3.75. The molecule has 0 aliphatic rings. The first-order chi connectivity index (χ1) is 11.6. The van der Waals surface area contributed by atoms with E-state index in [4.69, 9.17) is 11.6 Å². The lowest BCUT2D eigenvalue weighted by atomic mass is 10.1. The van der Waals surface area contributed by atoms with E-state index in [2.05, 4.69) is 15.8 Å². The normalized spacial score (nSPS) is 10.5. The Hall–Kier alpha value is -2.79. The highest BCUT2D eigenvalue weighted by atomic mass is 35.5. The van der Waals surface area contributed by atoms with Crippen molar-refractivity contribution in [2.45, 2.75) is 12.8 Å². The number of benzene rings is 2. The van der Waals surface area contributed by atoms with Gasteiger partial charge in [0, 0.05) is 34.1 Å². The number of H-pyrrole nitrogens is 1. The number of hydrogen-bond donors (Lipinski definition) is 3. The highest BCUT2D eigenvalue weighted by Gasteiger charge is 2.09. The first-order valence-corrected chi connectivity index (χ1v) is 7.91. The van der Waals surface area contributed by atoms with E-state index in [9.17, 15) is 9.59 Å². The highest BCUT2D eigenvalue weighted by molar-refractivity contribution is 6.30. The number of para-hydroxylation sites is 1. The standard InChI is InChI=1S/C18H16ClN3O2/c19-14-5-3-4-12(10-14)18(24)22-21-17(23)9-8-13-11-20-16-7-2-1-6-15(13)16/h1-7,10-11,20H,8-9H2,(H,21,23)(H,22,24). The molecule has 0 atom stereocenters. The van der Waals surface area contributed by atoms with E-state index in [1.54, 1.807) is 18.2 Å². The Bertz CT molecular complexity index is 889. The molecule has 24 heavy (non-hydrogen) atoms. The molecule has 0 saturated carbocycles. The van der Waals surface area contributed by atoms with Crippen LogP contribution in [0.15, 0.2) is 54.7 Å². The van der Waals surface area contributed by atoms with Crippen molar-refractivity contribution >= 4 is 34.3 Å². The van der Waals surface area contributed by atoms with Gasteiger partial charge in [0.1, 0.15) is 0 Å². The van der Waals surface area contributed by atoms with E-state index in [0.29, 0.717) is 17.0 Å². The van der Waals surface area contributed by atoms with Crippen molar-refractivity contribution in [1.29, 1.82) is 0 Å². The number of aromatic nitrogens is 1. The zero-order valence-electron chi connectivity index (χ0n) is 12.8. The van der Waals surface area contributed by atoms with Crippen LogP contribution >= 0.6 is 11.6 Å². The lowest BCUT2D eigenvalue weighted by molar-refractivity contribution is -0.121. The van der Waals surface area contributed by atoms with Gasteiger partial charge in [-0.1, -0.05) is 35.9 Å². The van der Waals surface area contributed by atoms with Gasteiger partial charge in [0.25, 0.3) is 5.91 Å². The molecule has 122 valence electrons. The van der Waals surface area contributed by atoms with Crippen LogP contribution in [-0.2, 0) is 11.2 Å². The number of amides is 2. The fourth-order valence-corrected chi connectivity index (χ4v) is 2.67. The number of aryl methyl sites for hydroxylation is 1. The van der Waals surface area contributed by atoms with Gasteiger partial charge < -0.3 is 4.98 Å². The molecule has 2 aromatic carbocycles. The van der Waals surface area contributed by atoms with Gasteiger partial charge in [-0.15, -0.1) is 0 Å². The van der Waals surface area contributed by atoms with Gasteiger partial charge in [-0.25, -0.2) is 0 Å². The van der Waals surface area contributed by atoms with Crippen molar-refractivity contribution in [1.82, 2.24) is 15.8 Å². The van der Waals surface area contributed by atoms with Crippen molar-refractivity contribution in [2.75, 3.05) is 0 Å². The van der Waals surface area contributed by atoms with E-state index >= 15 is 0 Å².